The van der Waals surface area contributed by atoms with Crippen molar-refractivity contribution in [2.75, 3.05) is 19.5 Å². The first-order valence-corrected chi connectivity index (χ1v) is 15.4. The van der Waals surface area contributed by atoms with Crippen molar-refractivity contribution in [3.05, 3.63) is 48.0 Å². The van der Waals surface area contributed by atoms with Crippen LogP contribution in [0, 0.1) is 5.92 Å². The number of hydrogen-bond acceptors (Lipinski definition) is 7. The molecule has 37 heavy (non-hydrogen) atoms. The normalized spacial score (nSPS) is 25.3. The summed E-state index contributed by atoms with van der Waals surface area (Å²) in [7, 11) is -1.98. The van der Waals surface area contributed by atoms with Gasteiger partial charge in [-0.25, -0.2) is 8.42 Å². The van der Waals surface area contributed by atoms with Gasteiger partial charge in [-0.2, -0.15) is 0 Å². The average molecular weight is 535 g/mol. The standard InChI is InChI=1S/C29H42O7S/c1-34-28(31)17-8-3-2-7-16-27-25(20-19-24(30)15-11-14-23-12-5-4-6-13-23)26(22-37(27,32)33)36-29-18-9-10-21-35-29/h4-6,12-13,19-20,25-27,29H,2-3,7-11,14-18,21-22H2,1H3/b20-19+. The summed E-state index contributed by atoms with van der Waals surface area (Å²) in [6, 6.07) is 10.1. The second kappa shape index (κ2) is 15.4. The van der Waals surface area contributed by atoms with E-state index < -0.39 is 21.2 Å². The molecular weight excluding hydrogens is 492 g/mol. The van der Waals surface area contributed by atoms with Crippen LogP contribution < -0.4 is 0 Å². The van der Waals surface area contributed by atoms with Crippen molar-refractivity contribution < 1.29 is 32.2 Å². The highest BCUT2D eigenvalue weighted by Crippen LogP contribution is 2.36. The van der Waals surface area contributed by atoms with Crippen molar-refractivity contribution in [2.24, 2.45) is 5.92 Å². The van der Waals surface area contributed by atoms with Crippen LogP contribution in [0.5, 0.6) is 0 Å². The van der Waals surface area contributed by atoms with Crippen LogP contribution in [0.4, 0.5) is 0 Å². The van der Waals surface area contributed by atoms with Gasteiger partial charge in [0.2, 0.25) is 0 Å². The van der Waals surface area contributed by atoms with Crippen LogP contribution in [0.25, 0.3) is 0 Å². The largest absolute Gasteiger partial charge is 0.469 e. The predicted molar refractivity (Wildman–Crippen MR) is 143 cm³/mol. The molecule has 2 saturated heterocycles. The van der Waals surface area contributed by atoms with Crippen LogP contribution in [0.1, 0.15) is 76.2 Å². The third-order valence-electron chi connectivity index (χ3n) is 7.26. The third kappa shape index (κ3) is 9.98. The molecule has 206 valence electrons. The highest BCUT2D eigenvalue weighted by molar-refractivity contribution is 7.92. The molecule has 4 atom stereocenters. The van der Waals surface area contributed by atoms with Crippen LogP contribution in [0.2, 0.25) is 0 Å². The molecule has 0 saturated carbocycles. The molecule has 0 radical (unpaired) electrons. The smallest absolute Gasteiger partial charge is 0.305 e. The number of hydrogen-bond donors (Lipinski definition) is 0. The fraction of sp³-hybridized carbons (Fsp3) is 0.655. The Kier molecular flexibility index (Phi) is 12.3. The highest BCUT2D eigenvalue weighted by atomic mass is 32.2. The highest BCUT2D eigenvalue weighted by Gasteiger charge is 2.47. The van der Waals surface area contributed by atoms with Gasteiger partial charge in [0, 0.05) is 25.4 Å². The maximum Gasteiger partial charge on any atom is 0.305 e. The molecule has 3 rings (SSSR count). The van der Waals surface area contributed by atoms with Gasteiger partial charge in [0.25, 0.3) is 0 Å². The van der Waals surface area contributed by atoms with Crippen LogP contribution >= 0.6 is 0 Å². The second-order valence-corrected chi connectivity index (χ2v) is 12.4. The first-order valence-electron chi connectivity index (χ1n) is 13.7. The number of allylic oxidation sites excluding steroid dienone is 1. The lowest BCUT2D eigenvalue weighted by molar-refractivity contribution is -0.188. The number of sulfone groups is 1. The summed E-state index contributed by atoms with van der Waals surface area (Å²) in [6.07, 6.45) is 11.3. The SMILES string of the molecule is COC(=O)CCCCCCC1C(/C=C/C(=O)CCCc2ccccc2)C(OC2CCCCO2)CS1(=O)=O. The number of carbonyl (C=O) groups is 2. The predicted octanol–water partition coefficient (Wildman–Crippen LogP) is 4.97. The molecule has 0 N–H and O–H groups in total. The molecule has 0 amide bonds. The molecule has 1 aromatic rings. The van der Waals surface area contributed by atoms with Crippen molar-refractivity contribution in [1.82, 2.24) is 0 Å². The molecule has 2 fully saturated rings. The minimum atomic E-state index is -3.36. The van der Waals surface area contributed by atoms with E-state index in [0.717, 1.165) is 57.8 Å². The molecule has 0 aromatic heterocycles. The molecule has 4 unspecified atom stereocenters. The van der Waals surface area contributed by atoms with E-state index in [4.69, 9.17) is 9.47 Å². The Hall–Kier alpha value is -2.03. The molecular formula is C29H42O7S. The molecule has 7 nitrogen and oxygen atoms in total. The number of ketones is 1. The number of carbonyl (C=O) groups excluding carboxylic acids is 2. The summed E-state index contributed by atoms with van der Waals surface area (Å²) in [4.78, 5) is 23.9. The lowest BCUT2D eigenvalue weighted by atomic mass is 9.94. The van der Waals surface area contributed by atoms with E-state index in [2.05, 4.69) is 16.9 Å². The number of benzene rings is 1. The van der Waals surface area contributed by atoms with E-state index in [1.165, 1.54) is 12.7 Å². The number of unbranched alkanes of at least 4 members (excludes halogenated alkanes) is 3. The molecule has 2 heterocycles. The lowest BCUT2D eigenvalue weighted by Gasteiger charge is -2.28. The van der Waals surface area contributed by atoms with E-state index in [-0.39, 0.29) is 29.7 Å². The van der Waals surface area contributed by atoms with E-state index >= 15 is 0 Å². The fourth-order valence-electron chi connectivity index (χ4n) is 5.19. The van der Waals surface area contributed by atoms with E-state index in [1.807, 2.05) is 18.2 Å². The van der Waals surface area contributed by atoms with Crippen molar-refractivity contribution >= 4 is 21.6 Å². The summed E-state index contributed by atoms with van der Waals surface area (Å²) in [5.74, 6) is -0.628. The summed E-state index contributed by atoms with van der Waals surface area (Å²) in [6.45, 7) is 0.625. The minimum absolute atomic E-state index is 0.00876. The molecule has 2 aliphatic heterocycles. The molecule has 2 aliphatic rings. The van der Waals surface area contributed by atoms with Gasteiger partial charge in [0.1, 0.15) is 0 Å². The van der Waals surface area contributed by atoms with Crippen LogP contribution in [0.3, 0.4) is 0 Å². The zero-order valence-corrected chi connectivity index (χ0v) is 22.8. The Labute approximate surface area is 221 Å². The molecule has 0 aliphatic carbocycles. The van der Waals surface area contributed by atoms with Crippen LogP contribution in [-0.4, -0.2) is 57.3 Å². The van der Waals surface area contributed by atoms with Gasteiger partial charge in [0.15, 0.2) is 21.9 Å². The fourth-order valence-corrected chi connectivity index (χ4v) is 7.47. The number of esters is 1. The summed E-state index contributed by atoms with van der Waals surface area (Å²) in [5, 5.41) is -0.574. The quantitative estimate of drug-likeness (QED) is 0.178. The zero-order chi connectivity index (χ0) is 26.5. The minimum Gasteiger partial charge on any atom is -0.469 e. The van der Waals surface area contributed by atoms with E-state index in [9.17, 15) is 18.0 Å². The first kappa shape index (κ1) is 29.5. The van der Waals surface area contributed by atoms with Crippen LogP contribution in [0.15, 0.2) is 42.5 Å². The van der Waals surface area contributed by atoms with Gasteiger partial charge in [-0.15, -0.1) is 0 Å². The Balaban J connectivity index is 1.58. The molecule has 0 bridgehead atoms. The van der Waals surface area contributed by atoms with Crippen molar-refractivity contribution in [2.45, 2.75) is 94.7 Å². The number of methoxy groups -OCH3 is 1. The first-order chi connectivity index (χ1) is 17.9. The van der Waals surface area contributed by atoms with Crippen molar-refractivity contribution in [1.29, 1.82) is 0 Å². The van der Waals surface area contributed by atoms with Gasteiger partial charge < -0.3 is 14.2 Å². The Morgan fingerprint density at radius 2 is 1.81 bits per heavy atom. The van der Waals surface area contributed by atoms with E-state index in [0.29, 0.717) is 25.9 Å². The summed E-state index contributed by atoms with van der Waals surface area (Å²) < 4.78 is 42.9. The van der Waals surface area contributed by atoms with Gasteiger partial charge >= 0.3 is 5.97 Å². The third-order valence-corrected chi connectivity index (χ3v) is 9.53. The van der Waals surface area contributed by atoms with Gasteiger partial charge in [-0.1, -0.05) is 55.7 Å². The lowest BCUT2D eigenvalue weighted by Crippen LogP contribution is -2.33. The second-order valence-electron chi connectivity index (χ2n) is 10.1. The van der Waals surface area contributed by atoms with E-state index in [1.54, 1.807) is 12.2 Å². The maximum atomic E-state index is 13.1. The van der Waals surface area contributed by atoms with Crippen molar-refractivity contribution in [3.8, 4) is 0 Å². The van der Waals surface area contributed by atoms with Gasteiger partial charge in [0.05, 0.1) is 24.2 Å². The maximum absolute atomic E-state index is 13.1. The zero-order valence-electron chi connectivity index (χ0n) is 22.0. The molecule has 8 heteroatoms. The number of rotatable bonds is 15. The number of ether oxygens (including phenoxy) is 3. The Morgan fingerprint density at radius 1 is 1.03 bits per heavy atom. The summed E-state index contributed by atoms with van der Waals surface area (Å²) in [5.41, 5.74) is 1.20. The Morgan fingerprint density at radius 3 is 2.54 bits per heavy atom. The summed E-state index contributed by atoms with van der Waals surface area (Å²) >= 11 is 0. The van der Waals surface area contributed by atoms with Gasteiger partial charge in [-0.05, 0) is 56.6 Å². The monoisotopic (exact) mass is 534 g/mol. The molecule has 1 aromatic carbocycles. The average Bonchev–Trinajstić information content (AvgIpc) is 3.13. The van der Waals surface area contributed by atoms with Crippen LogP contribution in [-0.2, 0) is 40.1 Å². The topological polar surface area (TPSA) is 96.0 Å². The number of aryl methyl sites for hydroxylation is 1. The van der Waals surface area contributed by atoms with Gasteiger partial charge in [-0.3, -0.25) is 9.59 Å². The Bertz CT molecular complexity index is 967. The van der Waals surface area contributed by atoms with Crippen molar-refractivity contribution in [3.63, 3.8) is 0 Å². The molecule has 0 spiro atoms.